The van der Waals surface area contributed by atoms with Crippen LogP contribution in [-0.2, 0) is 22.5 Å². The van der Waals surface area contributed by atoms with E-state index in [4.69, 9.17) is 14.7 Å². The van der Waals surface area contributed by atoms with Gasteiger partial charge >= 0.3 is 0 Å². The highest BCUT2D eigenvalue weighted by Crippen LogP contribution is 2.31. The summed E-state index contributed by atoms with van der Waals surface area (Å²) >= 11 is 0. The van der Waals surface area contributed by atoms with Crippen LogP contribution in [-0.4, -0.2) is 52.6 Å². The van der Waals surface area contributed by atoms with Gasteiger partial charge in [-0.3, -0.25) is 4.79 Å². The molecule has 1 aromatic heterocycles. The third kappa shape index (κ3) is 5.68. The third-order valence-electron chi connectivity index (χ3n) is 5.71. The maximum absolute atomic E-state index is 13.0. The molecular formula is C23H38N4O2. The number of morpholine rings is 1. The molecule has 0 saturated carbocycles. The van der Waals surface area contributed by atoms with Gasteiger partial charge < -0.3 is 14.5 Å². The van der Waals surface area contributed by atoms with Gasteiger partial charge in [-0.2, -0.15) is 0 Å². The topological polar surface area (TPSA) is 58.6 Å². The van der Waals surface area contributed by atoms with Crippen molar-refractivity contribution in [3.8, 4) is 0 Å². The van der Waals surface area contributed by atoms with Crippen LogP contribution in [0.2, 0.25) is 0 Å². The maximum atomic E-state index is 13.0. The lowest BCUT2D eigenvalue weighted by Crippen LogP contribution is -2.47. The number of ether oxygens (including phenoxy) is 1. The molecule has 29 heavy (non-hydrogen) atoms. The fraction of sp³-hybridized carbons (Fsp3) is 0.783. The molecule has 2 aliphatic heterocycles. The highest BCUT2D eigenvalue weighted by Gasteiger charge is 2.31. The minimum absolute atomic E-state index is 0.171. The van der Waals surface area contributed by atoms with Crippen molar-refractivity contribution in [3.63, 3.8) is 0 Å². The van der Waals surface area contributed by atoms with Crippen LogP contribution in [0.1, 0.15) is 71.5 Å². The molecule has 0 N–H and O–H groups in total. The summed E-state index contributed by atoms with van der Waals surface area (Å²) in [7, 11) is 0. The first-order chi connectivity index (χ1) is 13.5. The summed E-state index contributed by atoms with van der Waals surface area (Å²) in [6.07, 6.45) is 2.81. The summed E-state index contributed by atoms with van der Waals surface area (Å²) in [5.74, 6) is 2.44. The number of hydrogen-bond donors (Lipinski definition) is 0. The Bertz CT molecular complexity index is 733. The Morgan fingerprint density at radius 2 is 1.86 bits per heavy atom. The predicted octanol–water partition coefficient (Wildman–Crippen LogP) is 3.75. The molecule has 1 amide bonds. The quantitative estimate of drug-likeness (QED) is 0.768. The van der Waals surface area contributed by atoms with Gasteiger partial charge in [0.15, 0.2) is 0 Å². The number of aromatic nitrogens is 2. The van der Waals surface area contributed by atoms with E-state index in [9.17, 15) is 4.79 Å². The average Bonchev–Trinajstić information content (AvgIpc) is 2.57. The lowest BCUT2D eigenvalue weighted by atomic mass is 9.84. The highest BCUT2D eigenvalue weighted by molar-refractivity contribution is 5.77. The molecule has 0 radical (unpaired) electrons. The molecule has 3 heterocycles. The number of nitrogens with zero attached hydrogens (tertiary/aromatic N) is 4. The Labute approximate surface area is 176 Å². The Morgan fingerprint density at radius 3 is 2.48 bits per heavy atom. The smallest absolute Gasteiger partial charge is 0.223 e. The summed E-state index contributed by atoms with van der Waals surface area (Å²) in [5, 5.41) is 0. The van der Waals surface area contributed by atoms with Crippen LogP contribution in [0.5, 0.6) is 0 Å². The van der Waals surface area contributed by atoms with Crippen LogP contribution in [0.15, 0.2) is 0 Å². The van der Waals surface area contributed by atoms with Gasteiger partial charge in [-0.1, -0.05) is 27.7 Å². The van der Waals surface area contributed by atoms with Crippen LogP contribution in [0.25, 0.3) is 0 Å². The number of amides is 1. The zero-order valence-electron chi connectivity index (χ0n) is 19.3. The van der Waals surface area contributed by atoms with E-state index in [2.05, 4.69) is 46.4 Å². The molecule has 3 atom stereocenters. The zero-order chi connectivity index (χ0) is 21.3. The van der Waals surface area contributed by atoms with E-state index in [1.54, 1.807) is 0 Å². The van der Waals surface area contributed by atoms with Gasteiger partial charge in [-0.05, 0) is 38.5 Å². The van der Waals surface area contributed by atoms with Crippen molar-refractivity contribution in [2.45, 2.75) is 86.5 Å². The fourth-order valence-corrected chi connectivity index (χ4v) is 4.89. The number of fused-ring (bicyclic) bond motifs is 1. The predicted molar refractivity (Wildman–Crippen MR) is 116 cm³/mol. The first kappa shape index (κ1) is 22.0. The van der Waals surface area contributed by atoms with E-state index >= 15 is 0 Å². The minimum atomic E-state index is 0.171. The van der Waals surface area contributed by atoms with Gasteiger partial charge in [0.05, 0.1) is 24.4 Å². The maximum Gasteiger partial charge on any atom is 0.223 e. The number of carbonyl (C=O) groups is 1. The van der Waals surface area contributed by atoms with Crippen molar-refractivity contribution >= 4 is 11.7 Å². The van der Waals surface area contributed by atoms with E-state index < -0.39 is 0 Å². The van der Waals surface area contributed by atoms with Gasteiger partial charge in [0.2, 0.25) is 5.91 Å². The average molecular weight is 403 g/mol. The molecule has 0 aromatic carbocycles. The van der Waals surface area contributed by atoms with Crippen molar-refractivity contribution in [1.29, 1.82) is 0 Å². The normalized spacial score (nSPS) is 23.7. The second-order valence-corrected chi connectivity index (χ2v) is 10.3. The third-order valence-corrected chi connectivity index (χ3v) is 5.71. The number of hydrogen-bond acceptors (Lipinski definition) is 5. The Hall–Kier alpha value is -1.69. The van der Waals surface area contributed by atoms with Crippen LogP contribution in [0.3, 0.4) is 0 Å². The van der Waals surface area contributed by atoms with Gasteiger partial charge in [-0.15, -0.1) is 0 Å². The Balaban J connectivity index is 1.77. The van der Waals surface area contributed by atoms with Crippen molar-refractivity contribution in [3.05, 3.63) is 17.1 Å². The van der Waals surface area contributed by atoms with Crippen LogP contribution >= 0.6 is 0 Å². The van der Waals surface area contributed by atoms with Crippen molar-refractivity contribution in [2.24, 2.45) is 11.3 Å². The molecule has 6 heteroatoms. The molecule has 1 aromatic rings. The SMILES string of the molecule is Cc1nc2c(c(N3CC(C)OC(C)C3)n1)CN(C(=O)CC(C)CC(C)(C)C)CC2. The lowest BCUT2D eigenvalue weighted by molar-refractivity contribution is -0.133. The summed E-state index contributed by atoms with van der Waals surface area (Å²) < 4.78 is 5.91. The monoisotopic (exact) mass is 402 g/mol. The standard InChI is InChI=1S/C23H38N4O2/c1-15(11-23(5,6)7)10-21(28)26-9-8-20-19(14-26)22(25-18(4)24-20)27-12-16(2)29-17(3)13-27/h15-17H,8-14H2,1-7H3. The van der Waals surface area contributed by atoms with E-state index in [1.807, 2.05) is 11.8 Å². The second-order valence-electron chi connectivity index (χ2n) is 10.3. The van der Waals surface area contributed by atoms with Crippen molar-refractivity contribution < 1.29 is 9.53 Å². The molecule has 2 aliphatic rings. The zero-order valence-corrected chi connectivity index (χ0v) is 19.3. The van der Waals surface area contributed by atoms with Crippen molar-refractivity contribution in [1.82, 2.24) is 14.9 Å². The first-order valence-corrected chi connectivity index (χ1v) is 11.1. The Kier molecular flexibility index (Phi) is 6.51. The van der Waals surface area contributed by atoms with Gasteiger partial charge in [0.25, 0.3) is 0 Å². The first-order valence-electron chi connectivity index (χ1n) is 11.1. The van der Waals surface area contributed by atoms with E-state index in [-0.39, 0.29) is 23.5 Å². The van der Waals surface area contributed by atoms with Crippen molar-refractivity contribution in [2.75, 3.05) is 24.5 Å². The summed E-state index contributed by atoms with van der Waals surface area (Å²) in [4.78, 5) is 26.9. The molecular weight excluding hydrogens is 364 g/mol. The number of aryl methyl sites for hydroxylation is 1. The molecule has 1 saturated heterocycles. The van der Waals surface area contributed by atoms with Crippen LogP contribution < -0.4 is 4.90 Å². The molecule has 3 rings (SSSR count). The molecule has 0 bridgehead atoms. The second kappa shape index (κ2) is 8.58. The molecule has 6 nitrogen and oxygen atoms in total. The van der Waals surface area contributed by atoms with Gasteiger partial charge in [0, 0.05) is 38.0 Å². The molecule has 162 valence electrons. The van der Waals surface area contributed by atoms with Crippen LogP contribution in [0.4, 0.5) is 5.82 Å². The highest BCUT2D eigenvalue weighted by atomic mass is 16.5. The van der Waals surface area contributed by atoms with E-state index in [0.717, 1.165) is 55.4 Å². The largest absolute Gasteiger partial charge is 0.372 e. The summed E-state index contributed by atoms with van der Waals surface area (Å²) in [6.45, 7) is 18.1. The van der Waals surface area contributed by atoms with E-state index in [1.165, 1.54) is 0 Å². The molecule has 3 unspecified atom stereocenters. The molecule has 0 spiro atoms. The van der Waals surface area contributed by atoms with E-state index in [0.29, 0.717) is 18.9 Å². The van der Waals surface area contributed by atoms with Gasteiger partial charge in [0.1, 0.15) is 11.6 Å². The molecule has 1 fully saturated rings. The van der Waals surface area contributed by atoms with Gasteiger partial charge in [-0.25, -0.2) is 9.97 Å². The Morgan fingerprint density at radius 1 is 1.21 bits per heavy atom. The van der Waals surface area contributed by atoms with Crippen LogP contribution in [0, 0.1) is 18.3 Å². The summed E-state index contributed by atoms with van der Waals surface area (Å²) in [5.41, 5.74) is 2.47. The number of anilines is 1. The lowest BCUT2D eigenvalue weighted by Gasteiger charge is -2.39. The molecule has 0 aliphatic carbocycles. The number of rotatable bonds is 4. The number of carbonyl (C=O) groups excluding carboxylic acids is 1. The minimum Gasteiger partial charge on any atom is -0.372 e. The fourth-order valence-electron chi connectivity index (χ4n) is 4.89. The summed E-state index contributed by atoms with van der Waals surface area (Å²) in [6, 6.07) is 0.